The van der Waals surface area contributed by atoms with E-state index >= 15 is 0 Å². The average Bonchev–Trinajstić information content (AvgIpc) is 3.41. The monoisotopic (exact) mass is 473 g/mol. The molecule has 0 radical (unpaired) electrons. The van der Waals surface area contributed by atoms with Crippen molar-refractivity contribution < 1.29 is 28.2 Å². The van der Waals surface area contributed by atoms with Gasteiger partial charge in [-0.1, -0.05) is 11.6 Å². The highest BCUT2D eigenvalue weighted by molar-refractivity contribution is 7.18. The Morgan fingerprint density at radius 2 is 2.20 bits per heavy atom. The number of nitrogens with one attached hydrogen (secondary N) is 1. The summed E-state index contributed by atoms with van der Waals surface area (Å²) in [7, 11) is 0. The molecule has 2 aliphatic heterocycles. The highest BCUT2D eigenvalue weighted by Crippen LogP contribution is 2.34. The number of ether oxygens (including phenoxy) is 2. The van der Waals surface area contributed by atoms with Crippen molar-refractivity contribution >= 4 is 57.2 Å². The van der Waals surface area contributed by atoms with Gasteiger partial charge in [-0.3, -0.25) is 14.5 Å². The molecule has 3 amide bonds. The standard InChI is InChI=1S/C18H17ClFN3O5S2/c19-13-2-1-12(30-13)16(25)21-5-11-7-23(18(26)28-11)17-15(20)10(9-29-17)6-22-3-4-27-8-14(22)24/h1-2,9,11H,3-8H2,(H,21,25)/t11-/m0/s1. The van der Waals surface area contributed by atoms with Gasteiger partial charge in [0.05, 0.1) is 28.9 Å². The number of amides is 3. The number of carbonyl (C=O) groups excluding carboxylic acids is 3. The first-order chi connectivity index (χ1) is 14.4. The van der Waals surface area contributed by atoms with E-state index in [-0.39, 0.29) is 43.1 Å². The Labute approximate surface area is 184 Å². The third-order valence-corrected chi connectivity index (χ3v) is 6.89. The number of morpholine rings is 1. The SMILES string of the molecule is O=C(NC[C@H]1CN(c2scc(CN3CCOCC3=O)c2F)C(=O)O1)c1ccc(Cl)s1. The topological polar surface area (TPSA) is 88.2 Å². The molecular weight excluding hydrogens is 457 g/mol. The van der Waals surface area contributed by atoms with Crippen molar-refractivity contribution in [3.8, 4) is 0 Å². The van der Waals surface area contributed by atoms with Gasteiger partial charge in [-0.2, -0.15) is 0 Å². The molecule has 1 atom stereocenters. The minimum absolute atomic E-state index is 0.0118. The van der Waals surface area contributed by atoms with Gasteiger partial charge in [-0.15, -0.1) is 22.7 Å². The maximum absolute atomic E-state index is 14.9. The highest BCUT2D eigenvalue weighted by atomic mass is 35.5. The van der Waals surface area contributed by atoms with Crippen LogP contribution in [0.15, 0.2) is 17.5 Å². The molecule has 2 aromatic rings. The normalized spacial score (nSPS) is 19.3. The van der Waals surface area contributed by atoms with Crippen molar-refractivity contribution in [3.63, 3.8) is 0 Å². The van der Waals surface area contributed by atoms with Gasteiger partial charge in [0.15, 0.2) is 5.82 Å². The fourth-order valence-electron chi connectivity index (χ4n) is 3.10. The molecule has 1 N–H and O–H groups in total. The first kappa shape index (κ1) is 21.0. The second-order valence-electron chi connectivity index (χ2n) is 6.68. The van der Waals surface area contributed by atoms with Crippen LogP contribution in [-0.2, 0) is 20.8 Å². The first-order valence-corrected chi connectivity index (χ1v) is 11.1. The van der Waals surface area contributed by atoms with Gasteiger partial charge in [0.2, 0.25) is 5.91 Å². The van der Waals surface area contributed by atoms with E-state index in [1.165, 1.54) is 9.80 Å². The minimum Gasteiger partial charge on any atom is -0.442 e. The molecule has 4 rings (SSSR count). The quantitative estimate of drug-likeness (QED) is 0.697. The van der Waals surface area contributed by atoms with Crippen molar-refractivity contribution in [1.82, 2.24) is 10.2 Å². The molecule has 0 bridgehead atoms. The molecule has 2 aromatic heterocycles. The number of hydrogen-bond donors (Lipinski definition) is 1. The number of thiophene rings is 2. The summed E-state index contributed by atoms with van der Waals surface area (Å²) < 4.78 is 25.8. The Hall–Kier alpha value is -2.21. The number of hydrogen-bond acceptors (Lipinski definition) is 7. The Kier molecular flexibility index (Phi) is 6.23. The Balaban J connectivity index is 1.36. The summed E-state index contributed by atoms with van der Waals surface area (Å²) >= 11 is 8.04. The van der Waals surface area contributed by atoms with Crippen molar-refractivity contribution in [2.24, 2.45) is 0 Å². The summed E-state index contributed by atoms with van der Waals surface area (Å²) in [5, 5.41) is 4.42. The van der Waals surface area contributed by atoms with Crippen LogP contribution in [0.25, 0.3) is 0 Å². The van der Waals surface area contributed by atoms with Gasteiger partial charge < -0.3 is 19.7 Å². The van der Waals surface area contributed by atoms with E-state index in [4.69, 9.17) is 21.1 Å². The molecule has 2 aliphatic rings. The molecule has 12 heteroatoms. The van der Waals surface area contributed by atoms with Gasteiger partial charge in [-0.05, 0) is 12.1 Å². The van der Waals surface area contributed by atoms with Crippen LogP contribution in [0.3, 0.4) is 0 Å². The average molecular weight is 474 g/mol. The van der Waals surface area contributed by atoms with E-state index in [0.717, 1.165) is 22.7 Å². The molecule has 0 saturated carbocycles. The number of rotatable bonds is 6. The van der Waals surface area contributed by atoms with Crippen LogP contribution >= 0.6 is 34.3 Å². The Morgan fingerprint density at radius 3 is 2.93 bits per heavy atom. The molecule has 30 heavy (non-hydrogen) atoms. The lowest BCUT2D eigenvalue weighted by Crippen LogP contribution is -2.41. The number of nitrogens with zero attached hydrogens (tertiary/aromatic N) is 2. The third-order valence-electron chi connectivity index (χ3n) is 4.63. The fourth-order valence-corrected chi connectivity index (χ4v) is 5.01. The molecule has 0 aliphatic carbocycles. The zero-order valence-electron chi connectivity index (χ0n) is 15.6. The van der Waals surface area contributed by atoms with Crippen molar-refractivity contribution in [1.29, 1.82) is 0 Å². The summed E-state index contributed by atoms with van der Waals surface area (Å²) in [6.45, 7) is 1.12. The molecule has 8 nitrogen and oxygen atoms in total. The van der Waals surface area contributed by atoms with Crippen molar-refractivity contribution in [2.45, 2.75) is 12.6 Å². The Bertz CT molecular complexity index is 981. The number of anilines is 1. The Morgan fingerprint density at radius 1 is 1.37 bits per heavy atom. The lowest BCUT2D eigenvalue weighted by molar-refractivity contribution is -0.143. The van der Waals surface area contributed by atoms with Gasteiger partial charge in [-0.25, -0.2) is 9.18 Å². The number of halogens is 2. The van der Waals surface area contributed by atoms with Crippen LogP contribution in [0.1, 0.15) is 15.2 Å². The van der Waals surface area contributed by atoms with Crippen LogP contribution in [-0.4, -0.2) is 61.8 Å². The summed E-state index contributed by atoms with van der Waals surface area (Å²) in [4.78, 5) is 39.4. The van der Waals surface area contributed by atoms with Crippen LogP contribution in [0.2, 0.25) is 4.34 Å². The van der Waals surface area contributed by atoms with Crippen molar-refractivity contribution in [2.75, 3.05) is 37.7 Å². The molecule has 2 fully saturated rings. The van der Waals surface area contributed by atoms with Gasteiger partial charge in [0, 0.05) is 24.0 Å². The molecular formula is C18H17ClFN3O5S2. The largest absolute Gasteiger partial charge is 0.442 e. The fraction of sp³-hybridized carbons (Fsp3) is 0.389. The van der Waals surface area contributed by atoms with E-state index in [9.17, 15) is 18.8 Å². The minimum atomic E-state index is -0.678. The van der Waals surface area contributed by atoms with E-state index in [0.29, 0.717) is 27.9 Å². The van der Waals surface area contributed by atoms with E-state index < -0.39 is 18.0 Å². The lowest BCUT2D eigenvalue weighted by atomic mass is 10.2. The highest BCUT2D eigenvalue weighted by Gasteiger charge is 2.36. The maximum Gasteiger partial charge on any atom is 0.415 e. The third kappa shape index (κ3) is 4.43. The molecule has 0 spiro atoms. The summed E-state index contributed by atoms with van der Waals surface area (Å²) in [6.07, 6.45) is -1.29. The summed E-state index contributed by atoms with van der Waals surface area (Å²) in [5.74, 6) is -1.06. The number of carbonyl (C=O) groups is 3. The second-order valence-corrected chi connectivity index (χ2v) is 9.25. The molecule has 0 unspecified atom stereocenters. The summed E-state index contributed by atoms with van der Waals surface area (Å²) in [5.41, 5.74) is 0.337. The number of cyclic esters (lactones) is 1. The van der Waals surface area contributed by atoms with E-state index in [1.54, 1.807) is 17.5 Å². The van der Waals surface area contributed by atoms with Crippen molar-refractivity contribution in [3.05, 3.63) is 38.1 Å². The van der Waals surface area contributed by atoms with Crippen LogP contribution < -0.4 is 10.2 Å². The van der Waals surface area contributed by atoms with Gasteiger partial charge >= 0.3 is 6.09 Å². The first-order valence-electron chi connectivity index (χ1n) is 9.05. The molecule has 4 heterocycles. The zero-order chi connectivity index (χ0) is 21.3. The summed E-state index contributed by atoms with van der Waals surface area (Å²) in [6, 6.07) is 3.23. The predicted octanol–water partition coefficient (Wildman–Crippen LogP) is 2.72. The maximum atomic E-state index is 14.9. The predicted molar refractivity (Wildman–Crippen MR) is 110 cm³/mol. The molecule has 0 aromatic carbocycles. The van der Waals surface area contributed by atoms with E-state index in [1.807, 2.05) is 0 Å². The zero-order valence-corrected chi connectivity index (χ0v) is 17.9. The smallest absolute Gasteiger partial charge is 0.415 e. The van der Waals surface area contributed by atoms with Crippen LogP contribution in [0, 0.1) is 5.82 Å². The van der Waals surface area contributed by atoms with Crippen LogP contribution in [0.5, 0.6) is 0 Å². The van der Waals surface area contributed by atoms with Crippen LogP contribution in [0.4, 0.5) is 14.2 Å². The molecule has 160 valence electrons. The second kappa shape index (κ2) is 8.88. The van der Waals surface area contributed by atoms with E-state index in [2.05, 4.69) is 5.32 Å². The lowest BCUT2D eigenvalue weighted by Gasteiger charge is -2.26. The van der Waals surface area contributed by atoms with Gasteiger partial charge in [0.25, 0.3) is 5.91 Å². The van der Waals surface area contributed by atoms with Gasteiger partial charge in [0.1, 0.15) is 17.7 Å². The molecule has 2 saturated heterocycles.